The lowest BCUT2D eigenvalue weighted by atomic mass is 10.2. The molecule has 1 fully saturated rings. The maximum atomic E-state index is 13.0. The Balaban J connectivity index is 1.44. The first-order valence-corrected chi connectivity index (χ1v) is 11.8. The number of nitrogens with zero attached hydrogens (tertiary/aromatic N) is 5. The van der Waals surface area contributed by atoms with Crippen LogP contribution in [0.25, 0.3) is 11.0 Å². The topological polar surface area (TPSA) is 104 Å². The van der Waals surface area contributed by atoms with Crippen molar-refractivity contribution >= 4 is 28.5 Å². The van der Waals surface area contributed by atoms with Gasteiger partial charge < -0.3 is 14.6 Å². The summed E-state index contributed by atoms with van der Waals surface area (Å²) in [6, 6.07) is 11.0. The van der Waals surface area contributed by atoms with Crippen molar-refractivity contribution in [2.24, 2.45) is 7.05 Å². The van der Waals surface area contributed by atoms with Gasteiger partial charge in [0.25, 0.3) is 5.56 Å². The van der Waals surface area contributed by atoms with E-state index in [2.05, 4.69) is 20.4 Å². The minimum Gasteiger partial charge on any atom is -0.457 e. The molecule has 3 heterocycles. The first-order chi connectivity index (χ1) is 16.8. The number of ether oxygens (including phenoxy) is 1. The van der Waals surface area contributed by atoms with Crippen molar-refractivity contribution in [1.29, 1.82) is 0 Å². The summed E-state index contributed by atoms with van der Waals surface area (Å²) in [6.07, 6.45) is 4.10. The number of ketones is 1. The van der Waals surface area contributed by atoms with Gasteiger partial charge >= 0.3 is 0 Å². The summed E-state index contributed by atoms with van der Waals surface area (Å²) < 4.78 is 9.46. The normalized spacial score (nSPS) is 13.4. The molecule has 0 amide bonds. The Morgan fingerprint density at radius 2 is 1.94 bits per heavy atom. The molecule has 180 valence electrons. The zero-order chi connectivity index (χ0) is 24.7. The third-order valence-electron chi connectivity index (χ3n) is 5.99. The summed E-state index contributed by atoms with van der Waals surface area (Å²) in [7, 11) is 1.89. The van der Waals surface area contributed by atoms with E-state index in [0.29, 0.717) is 34.7 Å². The van der Waals surface area contributed by atoms with Gasteiger partial charge in [0, 0.05) is 37.7 Å². The quantitative estimate of drug-likeness (QED) is 0.398. The molecule has 0 unspecified atom stereocenters. The third kappa shape index (κ3) is 4.80. The molecule has 0 spiro atoms. The number of carbonyl (C=O) groups excluding carboxylic acids is 1. The lowest BCUT2D eigenvalue weighted by molar-refractivity contribution is -0.116. The first kappa shape index (κ1) is 22.8. The summed E-state index contributed by atoms with van der Waals surface area (Å²) in [6.45, 7) is 5.45. The number of anilines is 2. The highest BCUT2D eigenvalue weighted by molar-refractivity contribution is 5.81. The van der Waals surface area contributed by atoms with Gasteiger partial charge in [-0.3, -0.25) is 14.6 Å². The fraction of sp³-hybridized carbons (Fsp3) is 0.346. The lowest BCUT2D eigenvalue weighted by Crippen LogP contribution is -2.28. The highest BCUT2D eigenvalue weighted by Gasteiger charge is 2.27. The van der Waals surface area contributed by atoms with Crippen LogP contribution >= 0.6 is 0 Å². The van der Waals surface area contributed by atoms with Crippen molar-refractivity contribution in [3.05, 3.63) is 64.3 Å². The Hall–Kier alpha value is -4.01. The Bertz CT molecular complexity index is 1480. The predicted molar refractivity (Wildman–Crippen MR) is 134 cm³/mol. The third-order valence-corrected chi connectivity index (χ3v) is 5.99. The first-order valence-electron chi connectivity index (χ1n) is 11.8. The van der Waals surface area contributed by atoms with Crippen LogP contribution in [0.3, 0.4) is 0 Å². The van der Waals surface area contributed by atoms with Crippen molar-refractivity contribution < 1.29 is 9.53 Å². The maximum absolute atomic E-state index is 13.0. The summed E-state index contributed by atoms with van der Waals surface area (Å²) in [4.78, 5) is 33.4. The van der Waals surface area contributed by atoms with Crippen molar-refractivity contribution in [3.63, 3.8) is 0 Å². The molecule has 5 rings (SSSR count). The van der Waals surface area contributed by atoms with Crippen molar-refractivity contribution in [1.82, 2.24) is 24.3 Å². The number of aromatic nitrogens is 5. The number of carbonyl (C=O) groups is 1. The van der Waals surface area contributed by atoms with Gasteiger partial charge in [0.1, 0.15) is 23.0 Å². The Kier molecular flexibility index (Phi) is 5.84. The molecule has 1 saturated carbocycles. The molecular formula is C26H28N6O3. The molecule has 0 atom stereocenters. The zero-order valence-electron chi connectivity index (χ0n) is 20.3. The molecule has 1 aliphatic rings. The van der Waals surface area contributed by atoms with Crippen LogP contribution in [0, 0.1) is 0 Å². The average Bonchev–Trinajstić information content (AvgIpc) is 3.61. The smallest absolute Gasteiger partial charge is 0.290 e. The van der Waals surface area contributed by atoms with Gasteiger partial charge in [-0.25, -0.2) is 9.67 Å². The van der Waals surface area contributed by atoms with E-state index in [1.54, 1.807) is 23.0 Å². The SMILES string of the molecule is CC(=O)Cc1cc(Oc2ccc3nc(Nc4cc(C5CC5)nn(C(C)C)c4=O)n(C)c3c2)ccn1. The van der Waals surface area contributed by atoms with E-state index < -0.39 is 0 Å². The Morgan fingerprint density at radius 3 is 2.66 bits per heavy atom. The largest absolute Gasteiger partial charge is 0.457 e. The maximum Gasteiger partial charge on any atom is 0.290 e. The predicted octanol–water partition coefficient (Wildman–Crippen LogP) is 4.65. The van der Waals surface area contributed by atoms with Crippen LogP contribution in [0.2, 0.25) is 0 Å². The molecule has 9 heteroatoms. The number of hydrogen-bond donors (Lipinski definition) is 1. The van der Waals surface area contributed by atoms with Crippen molar-refractivity contribution in [2.45, 2.75) is 52.0 Å². The Labute approximate surface area is 202 Å². The van der Waals surface area contributed by atoms with Gasteiger partial charge in [-0.2, -0.15) is 5.10 Å². The molecule has 1 N–H and O–H groups in total. The molecular weight excluding hydrogens is 444 g/mol. The second-order valence-electron chi connectivity index (χ2n) is 9.33. The molecule has 0 aliphatic heterocycles. The minimum absolute atomic E-state index is 0.0361. The number of nitrogens with one attached hydrogen (secondary N) is 1. The summed E-state index contributed by atoms with van der Waals surface area (Å²) in [5.74, 6) is 2.27. The van der Waals surface area contributed by atoms with Crippen LogP contribution < -0.4 is 15.6 Å². The number of benzene rings is 1. The molecule has 0 saturated heterocycles. The van der Waals surface area contributed by atoms with Gasteiger partial charge in [0.2, 0.25) is 5.95 Å². The second-order valence-corrected chi connectivity index (χ2v) is 9.33. The van der Waals surface area contributed by atoms with E-state index >= 15 is 0 Å². The average molecular weight is 473 g/mol. The van der Waals surface area contributed by atoms with Gasteiger partial charge in [-0.05, 0) is 57.9 Å². The summed E-state index contributed by atoms with van der Waals surface area (Å²) in [5, 5.41) is 7.81. The fourth-order valence-electron chi connectivity index (χ4n) is 4.02. The molecule has 0 bridgehead atoms. The number of hydrogen-bond acceptors (Lipinski definition) is 7. The van der Waals surface area contributed by atoms with Gasteiger partial charge in [0.15, 0.2) is 0 Å². The number of aryl methyl sites for hydroxylation is 1. The molecule has 9 nitrogen and oxygen atoms in total. The molecule has 4 aromatic rings. The van der Waals surface area contributed by atoms with E-state index in [9.17, 15) is 9.59 Å². The number of pyridine rings is 1. The second kappa shape index (κ2) is 8.98. The van der Waals surface area contributed by atoms with E-state index in [4.69, 9.17) is 4.74 Å². The minimum atomic E-state index is -0.167. The monoisotopic (exact) mass is 472 g/mol. The zero-order valence-corrected chi connectivity index (χ0v) is 20.3. The van der Waals surface area contributed by atoms with Gasteiger partial charge in [0.05, 0.1) is 28.5 Å². The lowest BCUT2D eigenvalue weighted by Gasteiger charge is -2.14. The van der Waals surface area contributed by atoms with Crippen LogP contribution in [-0.4, -0.2) is 30.1 Å². The number of rotatable bonds is 8. The van der Waals surface area contributed by atoms with Crippen LogP contribution in [0.15, 0.2) is 47.4 Å². The van der Waals surface area contributed by atoms with Crippen LogP contribution in [0.1, 0.15) is 57.0 Å². The molecule has 1 aromatic carbocycles. The van der Waals surface area contributed by atoms with Gasteiger partial charge in [-0.15, -0.1) is 0 Å². The van der Waals surface area contributed by atoms with Crippen LogP contribution in [-0.2, 0) is 18.3 Å². The summed E-state index contributed by atoms with van der Waals surface area (Å²) in [5.41, 5.74) is 3.54. The van der Waals surface area contributed by atoms with E-state index in [-0.39, 0.29) is 23.8 Å². The molecule has 35 heavy (non-hydrogen) atoms. The summed E-state index contributed by atoms with van der Waals surface area (Å²) >= 11 is 0. The Morgan fingerprint density at radius 1 is 1.17 bits per heavy atom. The van der Waals surface area contributed by atoms with E-state index in [1.165, 1.54) is 6.92 Å². The van der Waals surface area contributed by atoms with E-state index in [1.807, 2.05) is 49.7 Å². The molecule has 0 radical (unpaired) electrons. The van der Waals surface area contributed by atoms with E-state index in [0.717, 1.165) is 29.6 Å². The van der Waals surface area contributed by atoms with Crippen LogP contribution in [0.5, 0.6) is 11.5 Å². The number of Topliss-reactive ketones (excluding diaryl/α,β-unsaturated/α-hetero) is 1. The standard InChI is InChI=1S/C26H28N6O3/c1-15(2)32-25(34)23(14-22(30-32)17-5-6-17)29-26-28-21-8-7-19(13-24(21)31(26)4)35-20-9-10-27-18(12-20)11-16(3)33/h7-10,12-15,17H,5-6,11H2,1-4H3,(H,28,29). The fourth-order valence-corrected chi connectivity index (χ4v) is 4.02. The highest BCUT2D eigenvalue weighted by Crippen LogP contribution is 2.39. The number of imidazole rings is 1. The van der Waals surface area contributed by atoms with Crippen molar-refractivity contribution in [3.8, 4) is 11.5 Å². The number of fused-ring (bicyclic) bond motifs is 1. The molecule has 1 aliphatic carbocycles. The van der Waals surface area contributed by atoms with Crippen molar-refractivity contribution in [2.75, 3.05) is 5.32 Å². The van der Waals surface area contributed by atoms with Gasteiger partial charge in [-0.1, -0.05) is 0 Å². The molecule has 3 aromatic heterocycles. The van der Waals surface area contributed by atoms with Crippen LogP contribution in [0.4, 0.5) is 11.6 Å². The highest BCUT2D eigenvalue weighted by atomic mass is 16.5.